The Morgan fingerprint density at radius 3 is 2.45 bits per heavy atom. The van der Waals surface area contributed by atoms with Crippen LogP contribution in [0.2, 0.25) is 0 Å². The van der Waals surface area contributed by atoms with Crippen LogP contribution >= 0.6 is 0 Å². The number of hydrogen-bond donors (Lipinski definition) is 2. The van der Waals surface area contributed by atoms with Crippen LogP contribution in [0, 0.1) is 24.4 Å². The molecule has 2 N–H and O–H groups in total. The van der Waals surface area contributed by atoms with E-state index in [2.05, 4.69) is 5.32 Å². The lowest BCUT2D eigenvalue weighted by Gasteiger charge is -2.09. The fourth-order valence-corrected chi connectivity index (χ4v) is 1.71. The number of hydrogen-bond acceptors (Lipinski definition) is 2. The molecule has 0 atom stereocenters. The van der Waals surface area contributed by atoms with Gasteiger partial charge in [-0.3, -0.25) is 4.79 Å². The van der Waals surface area contributed by atoms with Gasteiger partial charge in [-0.05, 0) is 42.8 Å². The molecule has 3 nitrogen and oxygen atoms in total. The van der Waals surface area contributed by atoms with Crippen LogP contribution in [-0.2, 0) is 0 Å². The lowest BCUT2D eigenvalue weighted by Crippen LogP contribution is -2.15. The normalized spacial score (nSPS) is 10.4. The maximum absolute atomic E-state index is 13.4. The monoisotopic (exact) mass is 281 g/mol. The summed E-state index contributed by atoms with van der Waals surface area (Å²) in [6.45, 7) is 1.58. The summed E-state index contributed by atoms with van der Waals surface area (Å²) in [5, 5.41) is 11.4. The van der Waals surface area contributed by atoms with Gasteiger partial charge in [-0.25, -0.2) is 13.2 Å². The molecule has 2 rings (SSSR count). The molecule has 2 aromatic carbocycles. The number of benzene rings is 2. The predicted molar refractivity (Wildman–Crippen MR) is 67.1 cm³/mol. The summed E-state index contributed by atoms with van der Waals surface area (Å²) < 4.78 is 39.2. The number of aromatic hydroxyl groups is 1. The zero-order chi connectivity index (χ0) is 14.9. The minimum atomic E-state index is -1.65. The summed E-state index contributed by atoms with van der Waals surface area (Å²) in [5.74, 6) is -5.15. The van der Waals surface area contributed by atoms with E-state index in [1.165, 1.54) is 18.2 Å². The van der Waals surface area contributed by atoms with E-state index in [1.807, 2.05) is 0 Å². The number of rotatable bonds is 2. The fraction of sp³-hybridized carbons (Fsp3) is 0.0714. The van der Waals surface area contributed by atoms with Crippen LogP contribution in [0.5, 0.6) is 5.75 Å². The highest BCUT2D eigenvalue weighted by atomic mass is 19.2. The van der Waals surface area contributed by atoms with Gasteiger partial charge in [-0.2, -0.15) is 0 Å². The molecule has 0 aliphatic heterocycles. The van der Waals surface area contributed by atoms with E-state index in [0.29, 0.717) is 5.56 Å². The molecule has 0 saturated heterocycles. The molecule has 0 spiro atoms. The third-order valence-corrected chi connectivity index (χ3v) is 2.74. The molecule has 0 aliphatic carbocycles. The first kappa shape index (κ1) is 13.9. The van der Waals surface area contributed by atoms with Gasteiger partial charge in [0.05, 0.1) is 5.69 Å². The second-order valence-corrected chi connectivity index (χ2v) is 4.18. The Labute approximate surface area is 112 Å². The van der Waals surface area contributed by atoms with Crippen LogP contribution in [0.25, 0.3) is 0 Å². The van der Waals surface area contributed by atoms with Crippen molar-refractivity contribution in [3.8, 4) is 5.75 Å². The van der Waals surface area contributed by atoms with E-state index >= 15 is 0 Å². The molecule has 1 amide bonds. The fourth-order valence-electron chi connectivity index (χ4n) is 1.71. The first-order valence-electron chi connectivity index (χ1n) is 5.64. The molecule has 0 bridgehead atoms. The average Bonchev–Trinajstić information content (AvgIpc) is 2.39. The van der Waals surface area contributed by atoms with E-state index in [0.717, 1.165) is 12.1 Å². The summed E-state index contributed by atoms with van der Waals surface area (Å²) in [5.41, 5.74) is 0.193. The predicted octanol–water partition coefficient (Wildman–Crippen LogP) is 3.37. The van der Waals surface area contributed by atoms with Crippen molar-refractivity contribution >= 4 is 11.6 Å². The molecule has 0 aliphatic rings. The van der Waals surface area contributed by atoms with Gasteiger partial charge in [0.25, 0.3) is 5.91 Å². The highest BCUT2D eigenvalue weighted by Gasteiger charge is 2.16. The number of nitrogens with one attached hydrogen (secondary N) is 1. The third kappa shape index (κ3) is 2.59. The first-order valence-corrected chi connectivity index (χ1v) is 5.64. The number of amides is 1. The summed E-state index contributed by atoms with van der Waals surface area (Å²) in [6.07, 6.45) is 0. The van der Waals surface area contributed by atoms with E-state index in [4.69, 9.17) is 0 Å². The van der Waals surface area contributed by atoms with Crippen LogP contribution in [0.3, 0.4) is 0 Å². The maximum atomic E-state index is 13.4. The Bertz CT molecular complexity index is 686. The lowest BCUT2D eigenvalue weighted by atomic mass is 10.1. The summed E-state index contributed by atoms with van der Waals surface area (Å²) in [6, 6.07) is 5.65. The molecule has 0 saturated carbocycles. The molecule has 104 valence electrons. The molecule has 6 heteroatoms. The third-order valence-electron chi connectivity index (χ3n) is 2.74. The molecule has 0 radical (unpaired) electrons. The topological polar surface area (TPSA) is 49.3 Å². The largest absolute Gasteiger partial charge is 0.508 e. The summed E-state index contributed by atoms with van der Waals surface area (Å²) in [7, 11) is 0. The number of phenolic OH excluding ortho intramolecular Hbond substituents is 1. The van der Waals surface area contributed by atoms with Gasteiger partial charge < -0.3 is 10.4 Å². The molecule has 0 aromatic heterocycles. The Hall–Kier alpha value is -2.50. The van der Waals surface area contributed by atoms with E-state index in [1.54, 1.807) is 6.92 Å². The quantitative estimate of drug-likeness (QED) is 0.829. The molecule has 0 fully saturated rings. The van der Waals surface area contributed by atoms with Crippen molar-refractivity contribution in [3.63, 3.8) is 0 Å². The molecule has 20 heavy (non-hydrogen) atoms. The average molecular weight is 281 g/mol. The summed E-state index contributed by atoms with van der Waals surface area (Å²) >= 11 is 0. The van der Waals surface area contributed by atoms with Crippen molar-refractivity contribution in [2.75, 3.05) is 5.32 Å². The van der Waals surface area contributed by atoms with E-state index < -0.39 is 29.0 Å². The second-order valence-electron chi connectivity index (χ2n) is 4.18. The minimum absolute atomic E-state index is 0.0157. The first-order chi connectivity index (χ1) is 9.40. The van der Waals surface area contributed by atoms with Crippen LogP contribution in [0.1, 0.15) is 15.9 Å². The summed E-state index contributed by atoms with van der Waals surface area (Å²) in [4.78, 5) is 11.9. The molecule has 0 unspecified atom stereocenters. The van der Waals surface area contributed by atoms with Crippen molar-refractivity contribution in [3.05, 3.63) is 58.9 Å². The smallest absolute Gasteiger partial charge is 0.256 e. The zero-order valence-electron chi connectivity index (χ0n) is 10.4. The lowest BCUT2D eigenvalue weighted by molar-refractivity contribution is 0.102. The van der Waals surface area contributed by atoms with Gasteiger partial charge in [0.1, 0.15) is 5.75 Å². The molecular weight excluding hydrogens is 271 g/mol. The van der Waals surface area contributed by atoms with E-state index in [9.17, 15) is 23.1 Å². The van der Waals surface area contributed by atoms with Gasteiger partial charge in [-0.1, -0.05) is 0 Å². The highest BCUT2D eigenvalue weighted by Crippen LogP contribution is 2.22. The second kappa shape index (κ2) is 5.24. The Morgan fingerprint density at radius 2 is 1.80 bits per heavy atom. The van der Waals surface area contributed by atoms with Gasteiger partial charge >= 0.3 is 0 Å². The maximum Gasteiger partial charge on any atom is 0.256 e. The Morgan fingerprint density at radius 1 is 1.10 bits per heavy atom. The van der Waals surface area contributed by atoms with E-state index in [-0.39, 0.29) is 11.3 Å². The van der Waals surface area contributed by atoms with Crippen LogP contribution < -0.4 is 5.32 Å². The SMILES string of the molecule is Cc1cc(O)ccc1C(=O)Nc1ccc(F)c(F)c1F. The van der Waals surface area contributed by atoms with Crippen LogP contribution in [0.4, 0.5) is 18.9 Å². The van der Waals surface area contributed by atoms with Gasteiger partial charge in [0.2, 0.25) is 0 Å². The van der Waals surface area contributed by atoms with Crippen LogP contribution in [-0.4, -0.2) is 11.0 Å². The van der Waals surface area contributed by atoms with Gasteiger partial charge in [0.15, 0.2) is 17.5 Å². The number of carbonyl (C=O) groups excluding carboxylic acids is 1. The zero-order valence-corrected chi connectivity index (χ0v) is 10.4. The number of phenols is 1. The van der Waals surface area contributed by atoms with Crippen molar-refractivity contribution in [2.24, 2.45) is 0 Å². The van der Waals surface area contributed by atoms with Crippen molar-refractivity contribution in [1.29, 1.82) is 0 Å². The standard InChI is InChI=1S/C14H10F3NO2/c1-7-6-8(19)2-3-9(7)14(20)18-11-5-4-10(15)12(16)13(11)17/h2-6,19H,1H3,(H,18,20). The number of halogens is 3. The Kier molecular flexibility index (Phi) is 3.65. The molecule has 2 aromatic rings. The highest BCUT2D eigenvalue weighted by molar-refractivity contribution is 6.05. The van der Waals surface area contributed by atoms with Crippen LogP contribution in [0.15, 0.2) is 30.3 Å². The van der Waals surface area contributed by atoms with Crippen molar-refractivity contribution in [2.45, 2.75) is 6.92 Å². The number of anilines is 1. The van der Waals surface area contributed by atoms with Gasteiger partial charge in [0, 0.05) is 5.56 Å². The Balaban J connectivity index is 2.30. The number of aryl methyl sites for hydroxylation is 1. The minimum Gasteiger partial charge on any atom is -0.508 e. The molecular formula is C14H10F3NO2. The molecule has 0 heterocycles. The van der Waals surface area contributed by atoms with Crippen molar-refractivity contribution < 1.29 is 23.1 Å². The van der Waals surface area contributed by atoms with Gasteiger partial charge in [-0.15, -0.1) is 0 Å². The van der Waals surface area contributed by atoms with Crippen molar-refractivity contribution in [1.82, 2.24) is 0 Å². The number of carbonyl (C=O) groups is 1.